The van der Waals surface area contributed by atoms with E-state index in [1.165, 1.54) is 19.3 Å². The molecule has 3 heteroatoms. The lowest BCUT2D eigenvalue weighted by atomic mass is 9.78. The van der Waals surface area contributed by atoms with Crippen molar-refractivity contribution in [2.75, 3.05) is 20.3 Å². The summed E-state index contributed by atoms with van der Waals surface area (Å²) in [6.45, 7) is 6.56. The highest BCUT2D eigenvalue weighted by molar-refractivity contribution is 5.31. The van der Waals surface area contributed by atoms with Crippen LogP contribution in [0.5, 0.6) is 11.5 Å². The Bertz CT molecular complexity index is 404. The molecule has 1 fully saturated rings. The maximum atomic E-state index is 5.75. The van der Waals surface area contributed by atoms with E-state index in [-0.39, 0.29) is 0 Å². The predicted octanol–water partition coefficient (Wildman–Crippen LogP) is 3.88. The van der Waals surface area contributed by atoms with E-state index in [0.717, 1.165) is 42.9 Å². The topological polar surface area (TPSA) is 30.5 Å². The smallest absolute Gasteiger partial charge is 0.119 e. The predicted molar refractivity (Wildman–Crippen MR) is 87.1 cm³/mol. The van der Waals surface area contributed by atoms with Crippen molar-refractivity contribution in [2.45, 2.75) is 45.6 Å². The van der Waals surface area contributed by atoms with Crippen molar-refractivity contribution >= 4 is 0 Å². The third-order valence-corrected chi connectivity index (χ3v) is 4.76. The van der Waals surface area contributed by atoms with Gasteiger partial charge in [-0.2, -0.15) is 0 Å². The summed E-state index contributed by atoms with van der Waals surface area (Å²) in [5.74, 6) is 3.42. The molecule has 1 aliphatic carbocycles. The zero-order valence-electron chi connectivity index (χ0n) is 13.6. The third kappa shape index (κ3) is 4.92. The second-order valence-corrected chi connectivity index (χ2v) is 6.21. The quantitative estimate of drug-likeness (QED) is 0.773. The normalized spacial score (nSPS) is 25.6. The van der Waals surface area contributed by atoms with Crippen LogP contribution in [0.15, 0.2) is 24.3 Å². The highest BCUT2D eigenvalue weighted by Gasteiger charge is 2.26. The lowest BCUT2D eigenvalue weighted by Crippen LogP contribution is -2.41. The van der Waals surface area contributed by atoms with Gasteiger partial charge in [-0.1, -0.05) is 26.7 Å². The summed E-state index contributed by atoms with van der Waals surface area (Å²) < 4.78 is 10.9. The van der Waals surface area contributed by atoms with Crippen molar-refractivity contribution in [2.24, 2.45) is 11.8 Å². The molecular weight excluding hydrogens is 262 g/mol. The summed E-state index contributed by atoms with van der Waals surface area (Å²) in [6.07, 6.45) is 5.12. The first-order valence-corrected chi connectivity index (χ1v) is 8.21. The van der Waals surface area contributed by atoms with Gasteiger partial charge in [0.2, 0.25) is 0 Å². The number of methoxy groups -OCH3 is 1. The molecule has 0 unspecified atom stereocenters. The molecule has 0 bridgehead atoms. The number of ether oxygens (including phenoxy) is 2. The molecule has 3 atom stereocenters. The molecule has 0 aromatic heterocycles. The van der Waals surface area contributed by atoms with Crippen LogP contribution < -0.4 is 14.8 Å². The molecule has 3 nitrogen and oxygen atoms in total. The fourth-order valence-electron chi connectivity index (χ4n) is 3.09. The van der Waals surface area contributed by atoms with E-state index in [1.54, 1.807) is 7.11 Å². The molecule has 0 spiro atoms. The zero-order valence-corrected chi connectivity index (χ0v) is 13.6. The van der Waals surface area contributed by atoms with Crippen molar-refractivity contribution in [3.8, 4) is 11.5 Å². The minimum atomic E-state index is 0.690. The Morgan fingerprint density at radius 1 is 1.10 bits per heavy atom. The minimum Gasteiger partial charge on any atom is -0.497 e. The summed E-state index contributed by atoms with van der Waals surface area (Å²) >= 11 is 0. The van der Waals surface area contributed by atoms with Crippen molar-refractivity contribution in [3.63, 3.8) is 0 Å². The molecule has 0 amide bonds. The van der Waals surface area contributed by atoms with Crippen molar-refractivity contribution in [1.29, 1.82) is 0 Å². The van der Waals surface area contributed by atoms with Gasteiger partial charge in [0.1, 0.15) is 11.5 Å². The second kappa shape index (κ2) is 8.28. The number of rotatable bonds is 7. The molecule has 1 saturated carbocycles. The number of hydrogen-bond acceptors (Lipinski definition) is 3. The first kappa shape index (κ1) is 16.2. The lowest BCUT2D eigenvalue weighted by Gasteiger charge is -2.34. The molecule has 0 saturated heterocycles. The molecule has 21 heavy (non-hydrogen) atoms. The number of nitrogens with one attached hydrogen (secondary N) is 1. The van der Waals surface area contributed by atoms with Gasteiger partial charge in [0.15, 0.2) is 0 Å². The summed E-state index contributed by atoms with van der Waals surface area (Å²) in [5.41, 5.74) is 0. The zero-order chi connectivity index (χ0) is 15.1. The monoisotopic (exact) mass is 291 g/mol. The molecule has 1 aromatic carbocycles. The van der Waals surface area contributed by atoms with Crippen LogP contribution in [0.25, 0.3) is 0 Å². The molecule has 1 aromatic rings. The van der Waals surface area contributed by atoms with Crippen LogP contribution in [0.2, 0.25) is 0 Å². The van der Waals surface area contributed by atoms with E-state index in [0.29, 0.717) is 6.04 Å². The maximum absolute atomic E-state index is 5.75. The molecule has 1 aliphatic rings. The molecular formula is C18H29NO2. The Labute approximate surface area is 129 Å². The van der Waals surface area contributed by atoms with Crippen molar-refractivity contribution in [3.05, 3.63) is 24.3 Å². The van der Waals surface area contributed by atoms with E-state index in [2.05, 4.69) is 19.2 Å². The standard InChI is InChI=1S/C18H29NO2/c1-14-6-4-7-18(15(14)2)19-12-5-13-21-17-10-8-16(20-3)9-11-17/h8-11,14-15,18-19H,4-7,12-13H2,1-3H3/t14-,15-,18+/m1/s1. The van der Waals surface area contributed by atoms with Gasteiger partial charge in [-0.25, -0.2) is 0 Å². The van der Waals surface area contributed by atoms with Crippen LogP contribution in [-0.2, 0) is 0 Å². The number of benzene rings is 1. The first-order chi connectivity index (χ1) is 10.2. The largest absolute Gasteiger partial charge is 0.497 e. The van der Waals surface area contributed by atoms with Gasteiger partial charge in [0, 0.05) is 6.04 Å². The lowest BCUT2D eigenvalue weighted by molar-refractivity contribution is 0.203. The Balaban J connectivity index is 1.61. The Morgan fingerprint density at radius 3 is 2.52 bits per heavy atom. The van der Waals surface area contributed by atoms with Gasteiger partial charge < -0.3 is 14.8 Å². The van der Waals surface area contributed by atoms with E-state index in [1.807, 2.05) is 24.3 Å². The average molecular weight is 291 g/mol. The van der Waals surface area contributed by atoms with Crippen molar-refractivity contribution in [1.82, 2.24) is 5.32 Å². The van der Waals surface area contributed by atoms with Gasteiger partial charge in [0.25, 0.3) is 0 Å². The average Bonchev–Trinajstić information content (AvgIpc) is 2.51. The molecule has 0 radical (unpaired) electrons. The van der Waals surface area contributed by atoms with E-state index >= 15 is 0 Å². The molecule has 118 valence electrons. The first-order valence-electron chi connectivity index (χ1n) is 8.21. The fourth-order valence-corrected chi connectivity index (χ4v) is 3.09. The Morgan fingerprint density at radius 2 is 1.81 bits per heavy atom. The third-order valence-electron chi connectivity index (χ3n) is 4.76. The van der Waals surface area contributed by atoms with Crippen molar-refractivity contribution < 1.29 is 9.47 Å². The van der Waals surface area contributed by atoms with E-state index < -0.39 is 0 Å². The highest BCUT2D eigenvalue weighted by Crippen LogP contribution is 2.29. The van der Waals surface area contributed by atoms with E-state index in [9.17, 15) is 0 Å². The second-order valence-electron chi connectivity index (χ2n) is 6.21. The summed E-state index contributed by atoms with van der Waals surface area (Å²) in [4.78, 5) is 0. The molecule has 2 rings (SSSR count). The van der Waals surface area contributed by atoms with E-state index in [4.69, 9.17) is 9.47 Å². The fraction of sp³-hybridized carbons (Fsp3) is 0.667. The Hall–Kier alpha value is -1.22. The molecule has 1 N–H and O–H groups in total. The van der Waals surface area contributed by atoms with Crippen LogP contribution in [0.3, 0.4) is 0 Å². The summed E-state index contributed by atoms with van der Waals surface area (Å²) in [7, 11) is 1.68. The molecule has 0 heterocycles. The van der Waals surface area contributed by atoms with Gasteiger partial charge >= 0.3 is 0 Å². The van der Waals surface area contributed by atoms with Crippen LogP contribution >= 0.6 is 0 Å². The van der Waals surface area contributed by atoms with Gasteiger partial charge in [-0.05, 0) is 55.5 Å². The van der Waals surface area contributed by atoms with Gasteiger partial charge in [0.05, 0.1) is 13.7 Å². The van der Waals surface area contributed by atoms with Gasteiger partial charge in [-0.15, -0.1) is 0 Å². The summed E-state index contributed by atoms with van der Waals surface area (Å²) in [6, 6.07) is 8.46. The highest BCUT2D eigenvalue weighted by atomic mass is 16.5. The SMILES string of the molecule is COc1ccc(OCCCN[C@H]2CCC[C@@H](C)[C@H]2C)cc1. The minimum absolute atomic E-state index is 0.690. The Kier molecular flexibility index (Phi) is 6.37. The van der Waals surface area contributed by atoms with Gasteiger partial charge in [-0.3, -0.25) is 0 Å². The van der Waals surface area contributed by atoms with Crippen LogP contribution in [0.4, 0.5) is 0 Å². The molecule has 0 aliphatic heterocycles. The van der Waals surface area contributed by atoms with Crippen LogP contribution in [-0.4, -0.2) is 26.3 Å². The van der Waals surface area contributed by atoms with Crippen LogP contribution in [0.1, 0.15) is 39.5 Å². The number of hydrogen-bond donors (Lipinski definition) is 1. The summed E-state index contributed by atoms with van der Waals surface area (Å²) in [5, 5.41) is 3.71. The van der Waals surface area contributed by atoms with Crippen LogP contribution in [0, 0.1) is 11.8 Å². The maximum Gasteiger partial charge on any atom is 0.119 e.